The summed E-state index contributed by atoms with van der Waals surface area (Å²) < 4.78 is 5.00. The van der Waals surface area contributed by atoms with E-state index in [1.165, 1.54) is 11.1 Å². The van der Waals surface area contributed by atoms with E-state index < -0.39 is 0 Å². The van der Waals surface area contributed by atoms with Crippen molar-refractivity contribution < 1.29 is 9.84 Å². The molecular formula is C17H22O2. The van der Waals surface area contributed by atoms with Crippen LogP contribution >= 0.6 is 0 Å². The van der Waals surface area contributed by atoms with Gasteiger partial charge in [-0.1, -0.05) is 42.0 Å². The summed E-state index contributed by atoms with van der Waals surface area (Å²) in [5.41, 5.74) is 3.43. The smallest absolute Gasteiger partial charge is 0.119 e. The highest BCUT2D eigenvalue weighted by Gasteiger charge is 1.97. The number of aliphatic hydroxyl groups is 1. The minimum atomic E-state index is -0.347. The Morgan fingerprint density at radius 2 is 1.58 bits per heavy atom. The van der Waals surface area contributed by atoms with Crippen LogP contribution in [-0.4, -0.2) is 12.2 Å². The van der Waals surface area contributed by atoms with Crippen molar-refractivity contribution >= 4 is 0 Å². The zero-order valence-electron chi connectivity index (χ0n) is 12.1. The molecule has 0 spiro atoms. The quantitative estimate of drug-likeness (QED) is 0.880. The summed E-state index contributed by atoms with van der Waals surface area (Å²) in [4.78, 5) is 0. The molecule has 2 aromatic rings. The van der Waals surface area contributed by atoms with Gasteiger partial charge in [0, 0.05) is 0 Å². The summed E-state index contributed by atoms with van der Waals surface area (Å²) in [6.07, 6.45) is -0.347. The molecule has 0 fully saturated rings. The first kappa shape index (κ1) is 15.3. The Morgan fingerprint density at radius 1 is 0.947 bits per heavy atom. The number of aliphatic hydroxyl groups excluding tert-OH is 1. The summed E-state index contributed by atoms with van der Waals surface area (Å²) in [5, 5.41) is 9.11. The van der Waals surface area contributed by atoms with Crippen LogP contribution in [0.5, 0.6) is 5.75 Å². The third-order valence-corrected chi connectivity index (χ3v) is 2.78. The number of aryl methyl sites for hydroxylation is 2. The molecule has 2 nitrogen and oxygen atoms in total. The molecule has 1 unspecified atom stereocenters. The number of benzene rings is 2. The molecular weight excluding hydrogens is 236 g/mol. The van der Waals surface area contributed by atoms with E-state index in [0.717, 1.165) is 11.3 Å². The fraction of sp³-hybridized carbons (Fsp3) is 0.294. The Hall–Kier alpha value is -1.80. The average Bonchev–Trinajstić information content (AvgIpc) is 2.40. The summed E-state index contributed by atoms with van der Waals surface area (Å²) in [5.74, 6) is 0.926. The van der Waals surface area contributed by atoms with Gasteiger partial charge in [0.05, 0.1) is 13.2 Å². The van der Waals surface area contributed by atoms with Crippen LogP contribution in [0.1, 0.15) is 29.7 Å². The number of methoxy groups -OCH3 is 1. The van der Waals surface area contributed by atoms with Gasteiger partial charge in [0.25, 0.3) is 0 Å². The summed E-state index contributed by atoms with van der Waals surface area (Å²) >= 11 is 0. The van der Waals surface area contributed by atoms with Crippen LogP contribution in [0.25, 0.3) is 0 Å². The van der Waals surface area contributed by atoms with Crippen LogP contribution in [0.4, 0.5) is 0 Å². The van der Waals surface area contributed by atoms with Crippen molar-refractivity contribution in [1.82, 2.24) is 0 Å². The number of hydrogen-bond acceptors (Lipinski definition) is 2. The van der Waals surface area contributed by atoms with Crippen molar-refractivity contribution in [2.24, 2.45) is 0 Å². The van der Waals surface area contributed by atoms with Gasteiger partial charge in [0.2, 0.25) is 0 Å². The van der Waals surface area contributed by atoms with Gasteiger partial charge in [0.1, 0.15) is 5.75 Å². The van der Waals surface area contributed by atoms with E-state index in [9.17, 15) is 0 Å². The fourth-order valence-corrected chi connectivity index (χ4v) is 1.59. The number of ether oxygens (including phenoxy) is 1. The highest BCUT2D eigenvalue weighted by Crippen LogP contribution is 2.11. The summed E-state index contributed by atoms with van der Waals surface area (Å²) in [6, 6.07) is 15.9. The molecule has 2 aromatic carbocycles. The lowest BCUT2D eigenvalue weighted by Crippen LogP contribution is -1.89. The van der Waals surface area contributed by atoms with Crippen LogP contribution in [0.3, 0.4) is 0 Å². The standard InChI is InChI=1S/C9H12O.C8H10O/c1-7-3-5-9(6-4-7)8(2)10;1-7-4-3-5-8(6-7)9-2/h3-6,8,10H,1-2H3;3-6H,1-2H3. The van der Waals surface area contributed by atoms with Gasteiger partial charge < -0.3 is 9.84 Å². The molecule has 19 heavy (non-hydrogen) atoms. The fourth-order valence-electron chi connectivity index (χ4n) is 1.59. The molecule has 102 valence electrons. The average molecular weight is 258 g/mol. The molecule has 1 atom stereocenters. The van der Waals surface area contributed by atoms with Crippen LogP contribution in [0.2, 0.25) is 0 Å². The third kappa shape index (κ3) is 5.58. The zero-order chi connectivity index (χ0) is 14.3. The predicted octanol–water partition coefficient (Wildman–Crippen LogP) is 4.05. The van der Waals surface area contributed by atoms with Gasteiger partial charge in [0.15, 0.2) is 0 Å². The van der Waals surface area contributed by atoms with Gasteiger partial charge in [-0.25, -0.2) is 0 Å². The topological polar surface area (TPSA) is 29.5 Å². The van der Waals surface area contributed by atoms with Crippen LogP contribution in [-0.2, 0) is 0 Å². The third-order valence-electron chi connectivity index (χ3n) is 2.78. The Balaban J connectivity index is 0.000000191. The molecule has 0 heterocycles. The monoisotopic (exact) mass is 258 g/mol. The molecule has 0 aromatic heterocycles. The van der Waals surface area contributed by atoms with Crippen LogP contribution in [0, 0.1) is 13.8 Å². The SMILES string of the molecule is COc1cccc(C)c1.Cc1ccc(C(C)O)cc1. The van der Waals surface area contributed by atoms with Crippen molar-refractivity contribution in [3.63, 3.8) is 0 Å². The second kappa shape index (κ2) is 7.59. The van der Waals surface area contributed by atoms with Gasteiger partial charge in [-0.2, -0.15) is 0 Å². The molecule has 0 bridgehead atoms. The first-order chi connectivity index (χ1) is 9.02. The number of rotatable bonds is 2. The Labute approximate surface area is 115 Å². The molecule has 0 saturated heterocycles. The minimum absolute atomic E-state index is 0.347. The van der Waals surface area contributed by atoms with Crippen LogP contribution in [0.15, 0.2) is 48.5 Å². The molecule has 0 aliphatic heterocycles. The maximum absolute atomic E-state index is 9.11. The summed E-state index contributed by atoms with van der Waals surface area (Å²) in [7, 11) is 1.68. The molecule has 2 rings (SSSR count). The lowest BCUT2D eigenvalue weighted by Gasteiger charge is -2.02. The minimum Gasteiger partial charge on any atom is -0.497 e. The Morgan fingerprint density at radius 3 is 2.00 bits per heavy atom. The van der Waals surface area contributed by atoms with Crippen molar-refractivity contribution in [3.05, 3.63) is 65.2 Å². The Bertz CT molecular complexity index is 487. The normalized spacial score (nSPS) is 11.2. The Kier molecular flexibility index (Phi) is 6.10. The van der Waals surface area contributed by atoms with Crippen molar-refractivity contribution in [2.45, 2.75) is 26.9 Å². The van der Waals surface area contributed by atoms with E-state index >= 15 is 0 Å². The van der Waals surface area contributed by atoms with E-state index in [4.69, 9.17) is 9.84 Å². The summed E-state index contributed by atoms with van der Waals surface area (Å²) in [6.45, 7) is 5.85. The van der Waals surface area contributed by atoms with Crippen molar-refractivity contribution in [1.29, 1.82) is 0 Å². The maximum Gasteiger partial charge on any atom is 0.119 e. The molecule has 0 aliphatic carbocycles. The molecule has 0 aliphatic rings. The lowest BCUT2D eigenvalue weighted by molar-refractivity contribution is 0.199. The molecule has 1 N–H and O–H groups in total. The second-order valence-electron chi connectivity index (χ2n) is 4.61. The second-order valence-corrected chi connectivity index (χ2v) is 4.61. The van der Waals surface area contributed by atoms with Gasteiger partial charge in [-0.05, 0) is 44.0 Å². The first-order valence-electron chi connectivity index (χ1n) is 6.38. The largest absolute Gasteiger partial charge is 0.497 e. The molecule has 2 heteroatoms. The van der Waals surface area contributed by atoms with Crippen LogP contribution < -0.4 is 4.74 Å². The van der Waals surface area contributed by atoms with E-state index in [1.807, 2.05) is 62.4 Å². The highest BCUT2D eigenvalue weighted by atomic mass is 16.5. The lowest BCUT2D eigenvalue weighted by atomic mass is 10.1. The highest BCUT2D eigenvalue weighted by molar-refractivity contribution is 5.27. The van der Waals surface area contributed by atoms with Gasteiger partial charge >= 0.3 is 0 Å². The van der Waals surface area contributed by atoms with Crippen molar-refractivity contribution in [3.8, 4) is 5.75 Å². The molecule has 0 radical (unpaired) electrons. The first-order valence-corrected chi connectivity index (χ1v) is 6.38. The van der Waals surface area contributed by atoms with Gasteiger partial charge in [-0.15, -0.1) is 0 Å². The molecule has 0 saturated carbocycles. The van der Waals surface area contributed by atoms with E-state index in [0.29, 0.717) is 0 Å². The molecule has 0 amide bonds. The zero-order valence-corrected chi connectivity index (χ0v) is 12.1. The maximum atomic E-state index is 9.11. The van der Waals surface area contributed by atoms with E-state index in [2.05, 4.69) is 0 Å². The van der Waals surface area contributed by atoms with E-state index in [-0.39, 0.29) is 6.10 Å². The van der Waals surface area contributed by atoms with Gasteiger partial charge in [-0.3, -0.25) is 0 Å². The predicted molar refractivity (Wildman–Crippen MR) is 79.5 cm³/mol. The van der Waals surface area contributed by atoms with Crippen molar-refractivity contribution in [2.75, 3.05) is 7.11 Å². The number of hydrogen-bond donors (Lipinski definition) is 1. The van der Waals surface area contributed by atoms with E-state index in [1.54, 1.807) is 14.0 Å².